The highest BCUT2D eigenvalue weighted by atomic mass is 19.1. The van der Waals surface area contributed by atoms with Crippen molar-refractivity contribution in [3.63, 3.8) is 0 Å². The Morgan fingerprint density at radius 2 is 2.21 bits per heavy atom. The van der Waals surface area contributed by atoms with Crippen molar-refractivity contribution in [1.82, 2.24) is 15.5 Å². The lowest BCUT2D eigenvalue weighted by Crippen LogP contribution is -2.28. The van der Waals surface area contributed by atoms with E-state index in [4.69, 9.17) is 4.52 Å². The molecule has 1 fully saturated rings. The summed E-state index contributed by atoms with van der Waals surface area (Å²) in [6.45, 7) is 1.79. The molecular weight excluding hydrogens is 252 g/mol. The van der Waals surface area contributed by atoms with Gasteiger partial charge in [0.2, 0.25) is 0 Å². The zero-order valence-corrected chi connectivity index (χ0v) is 10.2. The summed E-state index contributed by atoms with van der Waals surface area (Å²) in [5.41, 5.74) is 0.129. The van der Waals surface area contributed by atoms with Crippen LogP contribution in [0.3, 0.4) is 0 Å². The van der Waals surface area contributed by atoms with Gasteiger partial charge < -0.3 is 9.84 Å². The Kier molecular flexibility index (Phi) is 3.25. The van der Waals surface area contributed by atoms with E-state index < -0.39 is 11.6 Å². The average molecular weight is 265 g/mol. The second-order valence-electron chi connectivity index (χ2n) is 4.63. The topological polar surface area (TPSA) is 51.0 Å². The first-order chi connectivity index (χ1) is 9.24. The van der Waals surface area contributed by atoms with Crippen LogP contribution < -0.4 is 5.32 Å². The molecule has 2 heterocycles. The summed E-state index contributed by atoms with van der Waals surface area (Å²) in [6.07, 6.45) is 2.04. The Bertz CT molecular complexity index is 579. The monoisotopic (exact) mass is 265 g/mol. The van der Waals surface area contributed by atoms with Gasteiger partial charge in [-0.15, -0.1) is 0 Å². The van der Waals surface area contributed by atoms with Gasteiger partial charge in [0, 0.05) is 18.5 Å². The summed E-state index contributed by atoms with van der Waals surface area (Å²) in [5, 5.41) is 7.15. The number of hydrogen-bond acceptors (Lipinski definition) is 4. The SMILES string of the molecule is Fc1ccc(-c2nc(C3CCCNC3)no2)c(F)c1. The van der Waals surface area contributed by atoms with E-state index in [0.29, 0.717) is 5.82 Å². The van der Waals surface area contributed by atoms with E-state index in [-0.39, 0.29) is 17.4 Å². The number of rotatable bonds is 2. The quantitative estimate of drug-likeness (QED) is 0.906. The summed E-state index contributed by atoms with van der Waals surface area (Å²) in [6, 6.07) is 3.28. The maximum Gasteiger partial charge on any atom is 0.260 e. The fourth-order valence-electron chi connectivity index (χ4n) is 2.25. The van der Waals surface area contributed by atoms with Gasteiger partial charge in [-0.2, -0.15) is 4.98 Å². The van der Waals surface area contributed by atoms with Crippen LogP contribution in [-0.2, 0) is 0 Å². The molecule has 100 valence electrons. The molecular formula is C13H13F2N3O. The summed E-state index contributed by atoms with van der Waals surface area (Å²) in [5.74, 6) is -0.465. The van der Waals surface area contributed by atoms with Crippen LogP contribution in [0, 0.1) is 11.6 Å². The Morgan fingerprint density at radius 3 is 2.95 bits per heavy atom. The molecule has 0 amide bonds. The molecule has 4 nitrogen and oxygen atoms in total. The summed E-state index contributed by atoms with van der Waals surface area (Å²) < 4.78 is 31.5. The molecule has 0 radical (unpaired) electrons. The first kappa shape index (κ1) is 12.2. The van der Waals surface area contributed by atoms with E-state index >= 15 is 0 Å². The van der Waals surface area contributed by atoms with Crippen molar-refractivity contribution in [2.24, 2.45) is 0 Å². The van der Waals surface area contributed by atoms with E-state index in [0.717, 1.165) is 32.0 Å². The van der Waals surface area contributed by atoms with Gasteiger partial charge in [-0.25, -0.2) is 8.78 Å². The lowest BCUT2D eigenvalue weighted by Gasteiger charge is -2.19. The van der Waals surface area contributed by atoms with Crippen molar-refractivity contribution in [2.75, 3.05) is 13.1 Å². The van der Waals surface area contributed by atoms with Crippen LogP contribution in [0.15, 0.2) is 22.7 Å². The number of benzene rings is 1. The maximum absolute atomic E-state index is 13.6. The Morgan fingerprint density at radius 1 is 1.32 bits per heavy atom. The molecule has 1 N–H and O–H groups in total. The Labute approximate surface area is 108 Å². The van der Waals surface area contributed by atoms with Crippen LogP contribution in [0.2, 0.25) is 0 Å². The zero-order valence-electron chi connectivity index (χ0n) is 10.2. The number of nitrogens with zero attached hydrogens (tertiary/aromatic N) is 2. The second-order valence-corrected chi connectivity index (χ2v) is 4.63. The van der Waals surface area contributed by atoms with E-state index in [1.807, 2.05) is 0 Å². The Hall–Kier alpha value is -1.82. The van der Waals surface area contributed by atoms with E-state index in [1.54, 1.807) is 0 Å². The average Bonchev–Trinajstić information content (AvgIpc) is 2.89. The van der Waals surface area contributed by atoms with Crippen LogP contribution >= 0.6 is 0 Å². The molecule has 19 heavy (non-hydrogen) atoms. The highest BCUT2D eigenvalue weighted by Gasteiger charge is 2.22. The van der Waals surface area contributed by atoms with Crippen molar-refractivity contribution in [3.8, 4) is 11.5 Å². The summed E-state index contributed by atoms with van der Waals surface area (Å²) >= 11 is 0. The van der Waals surface area contributed by atoms with Gasteiger partial charge in [-0.1, -0.05) is 5.16 Å². The van der Waals surface area contributed by atoms with Crippen LogP contribution in [-0.4, -0.2) is 23.2 Å². The van der Waals surface area contributed by atoms with Crippen molar-refractivity contribution < 1.29 is 13.3 Å². The molecule has 3 rings (SSSR count). The molecule has 1 unspecified atom stereocenters. The van der Waals surface area contributed by atoms with E-state index in [9.17, 15) is 8.78 Å². The third-order valence-electron chi connectivity index (χ3n) is 3.27. The molecule has 0 aliphatic carbocycles. The van der Waals surface area contributed by atoms with Gasteiger partial charge in [-0.05, 0) is 31.5 Å². The molecule has 1 aromatic carbocycles. The summed E-state index contributed by atoms with van der Waals surface area (Å²) in [4.78, 5) is 4.21. The van der Waals surface area contributed by atoms with Crippen molar-refractivity contribution in [2.45, 2.75) is 18.8 Å². The van der Waals surface area contributed by atoms with Crippen LogP contribution in [0.4, 0.5) is 8.78 Å². The molecule has 6 heteroatoms. The lowest BCUT2D eigenvalue weighted by atomic mass is 9.99. The lowest BCUT2D eigenvalue weighted by molar-refractivity contribution is 0.392. The fraction of sp³-hybridized carbons (Fsp3) is 0.385. The standard InChI is InChI=1S/C13H13F2N3O/c14-9-3-4-10(11(15)6-9)13-17-12(18-19-13)8-2-1-5-16-7-8/h3-4,6,8,16H,1-2,5,7H2. The van der Waals surface area contributed by atoms with Crippen LogP contribution in [0.25, 0.3) is 11.5 Å². The maximum atomic E-state index is 13.6. The first-order valence-electron chi connectivity index (χ1n) is 6.24. The Balaban J connectivity index is 1.87. The molecule has 0 spiro atoms. The number of aromatic nitrogens is 2. The fourth-order valence-corrected chi connectivity index (χ4v) is 2.25. The number of hydrogen-bond donors (Lipinski definition) is 1. The predicted octanol–water partition coefficient (Wildman–Crippen LogP) is 2.48. The van der Waals surface area contributed by atoms with Gasteiger partial charge in [0.15, 0.2) is 5.82 Å². The van der Waals surface area contributed by atoms with Gasteiger partial charge in [0.1, 0.15) is 11.6 Å². The number of piperidine rings is 1. The van der Waals surface area contributed by atoms with Crippen molar-refractivity contribution in [1.29, 1.82) is 0 Å². The molecule has 0 saturated carbocycles. The minimum atomic E-state index is -0.697. The molecule has 1 aliphatic rings. The number of nitrogens with one attached hydrogen (secondary N) is 1. The van der Waals surface area contributed by atoms with E-state index in [1.165, 1.54) is 12.1 Å². The first-order valence-corrected chi connectivity index (χ1v) is 6.24. The van der Waals surface area contributed by atoms with Crippen molar-refractivity contribution in [3.05, 3.63) is 35.7 Å². The molecule has 0 bridgehead atoms. The number of halogens is 2. The zero-order chi connectivity index (χ0) is 13.2. The normalized spacial score (nSPS) is 19.6. The summed E-state index contributed by atoms with van der Waals surface area (Å²) in [7, 11) is 0. The van der Waals surface area contributed by atoms with Crippen LogP contribution in [0.1, 0.15) is 24.6 Å². The highest BCUT2D eigenvalue weighted by Crippen LogP contribution is 2.26. The van der Waals surface area contributed by atoms with Gasteiger partial charge >= 0.3 is 0 Å². The van der Waals surface area contributed by atoms with Crippen LogP contribution in [0.5, 0.6) is 0 Å². The second kappa shape index (κ2) is 5.05. The predicted molar refractivity (Wildman–Crippen MR) is 64.5 cm³/mol. The minimum Gasteiger partial charge on any atom is -0.334 e. The third-order valence-corrected chi connectivity index (χ3v) is 3.27. The van der Waals surface area contributed by atoms with Gasteiger partial charge in [0.25, 0.3) is 5.89 Å². The van der Waals surface area contributed by atoms with Gasteiger partial charge in [-0.3, -0.25) is 0 Å². The molecule has 2 aromatic rings. The minimum absolute atomic E-state index is 0.0954. The largest absolute Gasteiger partial charge is 0.334 e. The van der Waals surface area contributed by atoms with E-state index in [2.05, 4.69) is 15.5 Å². The molecule has 1 aliphatic heterocycles. The highest BCUT2D eigenvalue weighted by molar-refractivity contribution is 5.53. The molecule has 1 aromatic heterocycles. The smallest absolute Gasteiger partial charge is 0.260 e. The third kappa shape index (κ3) is 2.49. The molecule has 1 saturated heterocycles. The van der Waals surface area contributed by atoms with Crippen molar-refractivity contribution >= 4 is 0 Å². The van der Waals surface area contributed by atoms with Gasteiger partial charge in [0.05, 0.1) is 5.56 Å². The molecule has 1 atom stereocenters.